The van der Waals surface area contributed by atoms with Gasteiger partial charge in [-0.1, -0.05) is 6.92 Å². The first kappa shape index (κ1) is 13.5. The number of aryl methyl sites for hydroxylation is 1. The highest BCUT2D eigenvalue weighted by Gasteiger charge is 2.07. The van der Waals surface area contributed by atoms with Gasteiger partial charge in [0.25, 0.3) is 0 Å². The molecular weight excluding hydrogens is 268 g/mol. The zero-order valence-corrected chi connectivity index (χ0v) is 11.6. The third-order valence-electron chi connectivity index (χ3n) is 2.41. The van der Waals surface area contributed by atoms with Gasteiger partial charge in [-0.3, -0.25) is 0 Å². The molecule has 3 nitrogen and oxygen atoms in total. The Balaban J connectivity index is 2.48. The summed E-state index contributed by atoms with van der Waals surface area (Å²) in [6, 6.07) is 2.04. The van der Waals surface area contributed by atoms with E-state index in [1.807, 2.05) is 19.9 Å². The van der Waals surface area contributed by atoms with Gasteiger partial charge in [-0.2, -0.15) is 0 Å². The lowest BCUT2D eigenvalue weighted by atomic mass is 10.0. The summed E-state index contributed by atoms with van der Waals surface area (Å²) < 4.78 is 0.993. The third-order valence-corrected chi connectivity index (χ3v) is 2.84. The number of anilines is 1. The first-order valence-electron chi connectivity index (χ1n) is 5.53. The van der Waals surface area contributed by atoms with Crippen molar-refractivity contribution < 1.29 is 5.11 Å². The molecule has 0 unspecified atom stereocenters. The number of aliphatic hydroxyl groups excluding tert-OH is 1. The van der Waals surface area contributed by atoms with Crippen LogP contribution in [-0.2, 0) is 0 Å². The third kappa shape index (κ3) is 4.49. The SMILES string of the molecule is Cc1cc(Br)cnc1NC[C@@H](C)C[C@H](C)O. The maximum atomic E-state index is 9.26. The van der Waals surface area contributed by atoms with Gasteiger partial charge < -0.3 is 10.4 Å². The molecular formula is C12H19BrN2O. The lowest BCUT2D eigenvalue weighted by Gasteiger charge is -2.15. The number of hydrogen-bond donors (Lipinski definition) is 2. The zero-order chi connectivity index (χ0) is 12.1. The van der Waals surface area contributed by atoms with Crippen molar-refractivity contribution >= 4 is 21.7 Å². The van der Waals surface area contributed by atoms with Crippen LogP contribution in [0.5, 0.6) is 0 Å². The summed E-state index contributed by atoms with van der Waals surface area (Å²) in [5, 5.41) is 12.6. The van der Waals surface area contributed by atoms with Gasteiger partial charge in [0.2, 0.25) is 0 Å². The summed E-state index contributed by atoms with van der Waals surface area (Å²) in [4.78, 5) is 4.31. The number of nitrogens with zero attached hydrogens (tertiary/aromatic N) is 1. The van der Waals surface area contributed by atoms with E-state index in [0.717, 1.165) is 28.8 Å². The number of hydrogen-bond acceptors (Lipinski definition) is 3. The van der Waals surface area contributed by atoms with Crippen LogP contribution in [0.4, 0.5) is 5.82 Å². The van der Waals surface area contributed by atoms with Crippen LogP contribution in [0.1, 0.15) is 25.8 Å². The Morgan fingerprint density at radius 3 is 2.75 bits per heavy atom. The van der Waals surface area contributed by atoms with Gasteiger partial charge >= 0.3 is 0 Å². The molecule has 16 heavy (non-hydrogen) atoms. The number of nitrogens with one attached hydrogen (secondary N) is 1. The van der Waals surface area contributed by atoms with E-state index in [1.165, 1.54) is 0 Å². The summed E-state index contributed by atoms with van der Waals surface area (Å²) in [5.41, 5.74) is 1.12. The molecule has 0 fully saturated rings. The molecule has 0 aliphatic heterocycles. The molecule has 0 saturated carbocycles. The Kier molecular flexibility index (Phi) is 5.22. The number of halogens is 1. The molecule has 0 aliphatic rings. The number of pyridine rings is 1. The quantitative estimate of drug-likeness (QED) is 0.875. The van der Waals surface area contributed by atoms with Crippen molar-refractivity contribution in [2.75, 3.05) is 11.9 Å². The second kappa shape index (κ2) is 6.21. The van der Waals surface area contributed by atoms with Crippen molar-refractivity contribution in [1.82, 2.24) is 4.98 Å². The Morgan fingerprint density at radius 2 is 2.19 bits per heavy atom. The van der Waals surface area contributed by atoms with Gasteiger partial charge in [0.05, 0.1) is 6.10 Å². The Bertz CT molecular complexity index is 342. The van der Waals surface area contributed by atoms with E-state index in [1.54, 1.807) is 6.20 Å². The largest absolute Gasteiger partial charge is 0.393 e. The summed E-state index contributed by atoms with van der Waals surface area (Å²) in [7, 11) is 0. The first-order valence-corrected chi connectivity index (χ1v) is 6.32. The van der Waals surface area contributed by atoms with Crippen LogP contribution >= 0.6 is 15.9 Å². The summed E-state index contributed by atoms with van der Waals surface area (Å²) >= 11 is 3.39. The van der Waals surface area contributed by atoms with E-state index < -0.39 is 0 Å². The molecule has 1 rings (SSSR count). The zero-order valence-electron chi connectivity index (χ0n) is 10.00. The molecule has 0 radical (unpaired) electrons. The molecule has 0 aromatic carbocycles. The van der Waals surface area contributed by atoms with Gasteiger partial charge in [-0.15, -0.1) is 0 Å². The van der Waals surface area contributed by atoms with Crippen LogP contribution < -0.4 is 5.32 Å². The van der Waals surface area contributed by atoms with Crippen molar-refractivity contribution in [3.8, 4) is 0 Å². The normalized spacial score (nSPS) is 14.6. The minimum atomic E-state index is -0.240. The highest BCUT2D eigenvalue weighted by molar-refractivity contribution is 9.10. The molecule has 2 atom stereocenters. The van der Waals surface area contributed by atoms with Crippen LogP contribution in [0.3, 0.4) is 0 Å². The predicted molar refractivity (Wildman–Crippen MR) is 70.6 cm³/mol. The fourth-order valence-electron chi connectivity index (χ4n) is 1.66. The van der Waals surface area contributed by atoms with Gasteiger partial charge in [0.1, 0.15) is 5.82 Å². The fraction of sp³-hybridized carbons (Fsp3) is 0.583. The van der Waals surface area contributed by atoms with E-state index in [0.29, 0.717) is 5.92 Å². The molecule has 0 bridgehead atoms. The number of aliphatic hydroxyl groups is 1. The lowest BCUT2D eigenvalue weighted by Crippen LogP contribution is -2.17. The molecule has 4 heteroatoms. The minimum Gasteiger partial charge on any atom is -0.393 e. The molecule has 1 aromatic heterocycles. The molecule has 2 N–H and O–H groups in total. The second-order valence-electron chi connectivity index (χ2n) is 4.39. The molecule has 1 heterocycles. The second-order valence-corrected chi connectivity index (χ2v) is 5.31. The lowest BCUT2D eigenvalue weighted by molar-refractivity contribution is 0.166. The predicted octanol–water partition coefficient (Wildman–Crippen LogP) is 2.97. The van der Waals surface area contributed by atoms with Crippen molar-refractivity contribution in [2.24, 2.45) is 5.92 Å². The number of aromatic nitrogens is 1. The van der Waals surface area contributed by atoms with Crippen LogP contribution in [-0.4, -0.2) is 22.7 Å². The van der Waals surface area contributed by atoms with Crippen molar-refractivity contribution in [3.05, 3.63) is 22.3 Å². The van der Waals surface area contributed by atoms with Crippen molar-refractivity contribution in [2.45, 2.75) is 33.3 Å². The summed E-state index contributed by atoms with van der Waals surface area (Å²) in [5.74, 6) is 1.35. The van der Waals surface area contributed by atoms with Gasteiger partial charge in [-0.25, -0.2) is 4.98 Å². The van der Waals surface area contributed by atoms with E-state index in [9.17, 15) is 5.11 Å². The van der Waals surface area contributed by atoms with Crippen molar-refractivity contribution in [3.63, 3.8) is 0 Å². The maximum absolute atomic E-state index is 9.26. The van der Waals surface area contributed by atoms with Gasteiger partial charge in [0.15, 0.2) is 0 Å². The Hall–Kier alpha value is -0.610. The average molecular weight is 287 g/mol. The van der Waals surface area contributed by atoms with Crippen molar-refractivity contribution in [1.29, 1.82) is 0 Å². The highest BCUT2D eigenvalue weighted by atomic mass is 79.9. The fourth-order valence-corrected chi connectivity index (χ4v) is 2.11. The maximum Gasteiger partial charge on any atom is 0.128 e. The Labute approximate surface area is 105 Å². The van der Waals surface area contributed by atoms with Crippen LogP contribution in [0.15, 0.2) is 16.7 Å². The summed E-state index contributed by atoms with van der Waals surface area (Å²) in [6.45, 7) is 6.80. The summed E-state index contributed by atoms with van der Waals surface area (Å²) in [6.07, 6.45) is 2.35. The smallest absolute Gasteiger partial charge is 0.128 e. The average Bonchev–Trinajstić information content (AvgIpc) is 2.15. The van der Waals surface area contributed by atoms with E-state index in [4.69, 9.17) is 0 Å². The highest BCUT2D eigenvalue weighted by Crippen LogP contribution is 2.17. The molecule has 0 amide bonds. The molecule has 1 aromatic rings. The van der Waals surface area contributed by atoms with Crippen LogP contribution in [0.25, 0.3) is 0 Å². The minimum absolute atomic E-state index is 0.240. The molecule has 0 spiro atoms. The monoisotopic (exact) mass is 286 g/mol. The topological polar surface area (TPSA) is 45.2 Å². The standard InChI is InChI=1S/C12H19BrN2O/c1-8(4-10(3)16)6-14-12-9(2)5-11(13)7-15-12/h5,7-8,10,16H,4,6H2,1-3H3,(H,14,15)/t8-,10-/m0/s1. The van der Waals surface area contributed by atoms with Crippen LogP contribution in [0.2, 0.25) is 0 Å². The van der Waals surface area contributed by atoms with E-state index >= 15 is 0 Å². The van der Waals surface area contributed by atoms with E-state index in [-0.39, 0.29) is 6.10 Å². The first-order chi connectivity index (χ1) is 7.49. The molecule has 0 aliphatic carbocycles. The van der Waals surface area contributed by atoms with E-state index in [2.05, 4.69) is 33.2 Å². The molecule has 0 saturated heterocycles. The molecule has 90 valence electrons. The number of rotatable bonds is 5. The van der Waals surface area contributed by atoms with Crippen LogP contribution in [0, 0.1) is 12.8 Å². The van der Waals surface area contributed by atoms with Gasteiger partial charge in [0, 0.05) is 17.2 Å². The Morgan fingerprint density at radius 1 is 1.50 bits per heavy atom. The van der Waals surface area contributed by atoms with Gasteiger partial charge in [-0.05, 0) is 53.7 Å².